The first kappa shape index (κ1) is 34.3. The van der Waals surface area contributed by atoms with Gasteiger partial charge in [0, 0.05) is 31.5 Å². The summed E-state index contributed by atoms with van der Waals surface area (Å²) >= 11 is 0. The summed E-state index contributed by atoms with van der Waals surface area (Å²) in [5.74, 6) is -0.109. The number of hydrogen-bond donors (Lipinski definition) is 0. The number of fused-ring (bicyclic) bond motifs is 3. The molecule has 0 aliphatic carbocycles. The van der Waals surface area contributed by atoms with E-state index in [1.807, 2.05) is 9.80 Å². The van der Waals surface area contributed by atoms with E-state index in [0.29, 0.717) is 24.2 Å². The van der Waals surface area contributed by atoms with E-state index >= 15 is 0 Å². The van der Waals surface area contributed by atoms with E-state index in [0.717, 1.165) is 90.8 Å². The van der Waals surface area contributed by atoms with Gasteiger partial charge in [0.05, 0.1) is 22.5 Å². The van der Waals surface area contributed by atoms with Crippen LogP contribution in [0.3, 0.4) is 0 Å². The van der Waals surface area contributed by atoms with E-state index in [1.54, 1.807) is 0 Å². The molecule has 0 spiro atoms. The number of carbonyl (C=O) groups is 2. The predicted octanol–water partition coefficient (Wildman–Crippen LogP) is 11.0. The zero-order valence-corrected chi connectivity index (χ0v) is 30.5. The van der Waals surface area contributed by atoms with Gasteiger partial charge in [-0.1, -0.05) is 125 Å². The molecule has 5 nitrogen and oxygen atoms in total. The smallest absolute Gasteiger partial charge is 0.261 e. The molecule has 0 bridgehead atoms. The lowest BCUT2D eigenvalue weighted by Gasteiger charge is -2.26. The first-order valence-corrected chi connectivity index (χ1v) is 18.9. The van der Waals surface area contributed by atoms with Gasteiger partial charge in [0.1, 0.15) is 0 Å². The summed E-state index contributed by atoms with van der Waals surface area (Å²) in [5.41, 5.74) is 7.75. The van der Waals surface area contributed by atoms with Crippen molar-refractivity contribution < 1.29 is 9.59 Å². The molecule has 0 aromatic heterocycles. The van der Waals surface area contributed by atoms with Crippen LogP contribution in [0, 0.1) is 6.92 Å². The average Bonchev–Trinajstić information content (AvgIpc) is 3.60. The summed E-state index contributed by atoms with van der Waals surface area (Å²) in [4.78, 5) is 35.1. The summed E-state index contributed by atoms with van der Waals surface area (Å²) in [6.07, 6.45) is 8.43. The van der Waals surface area contributed by atoms with Gasteiger partial charge in [-0.05, 0) is 88.8 Å². The molecule has 260 valence electrons. The molecule has 0 saturated carbocycles. The molecule has 0 N–H and O–H groups in total. The zero-order valence-electron chi connectivity index (χ0n) is 30.5. The summed E-state index contributed by atoms with van der Waals surface area (Å²) in [6.45, 7) is 7.66. The Morgan fingerprint density at radius 3 is 1.51 bits per heavy atom. The molecule has 5 heteroatoms. The van der Waals surface area contributed by atoms with Gasteiger partial charge in [0.15, 0.2) is 0 Å². The number of anilines is 2. The van der Waals surface area contributed by atoms with Gasteiger partial charge in [-0.2, -0.15) is 0 Å². The first-order valence-electron chi connectivity index (χ1n) is 18.9. The third kappa shape index (κ3) is 6.70. The Kier molecular flexibility index (Phi) is 10.1. The first-order chi connectivity index (χ1) is 24.9. The van der Waals surface area contributed by atoms with Gasteiger partial charge in [-0.15, -0.1) is 0 Å². The maximum Gasteiger partial charge on any atom is 0.261 e. The second-order valence-corrected chi connectivity index (χ2v) is 14.2. The third-order valence-corrected chi connectivity index (χ3v) is 10.6. The summed E-state index contributed by atoms with van der Waals surface area (Å²) in [5, 5.41) is 4.89. The molecular formula is C46H49N3O2. The van der Waals surface area contributed by atoms with Gasteiger partial charge in [0.25, 0.3) is 11.8 Å². The maximum atomic E-state index is 14.5. The minimum atomic E-state index is -0.0543. The average molecular weight is 676 g/mol. The second-order valence-electron chi connectivity index (χ2n) is 14.2. The Bertz CT molecular complexity index is 2140. The monoisotopic (exact) mass is 675 g/mol. The molecule has 0 fully saturated rings. The highest BCUT2D eigenvalue weighted by molar-refractivity contribution is 6.30. The topological polar surface area (TPSA) is 43.9 Å². The Balaban J connectivity index is 1.26. The van der Waals surface area contributed by atoms with E-state index in [2.05, 4.69) is 136 Å². The lowest BCUT2D eigenvalue weighted by atomic mass is 10.0. The van der Waals surface area contributed by atoms with Crippen LogP contribution >= 0.6 is 0 Å². The molecule has 5 aromatic rings. The van der Waals surface area contributed by atoms with Crippen molar-refractivity contribution in [2.75, 3.05) is 25.0 Å². The molecule has 7 rings (SSSR count). The molecule has 0 unspecified atom stereocenters. The van der Waals surface area contributed by atoms with Crippen LogP contribution in [0.1, 0.15) is 81.9 Å². The molecule has 2 aliphatic rings. The van der Waals surface area contributed by atoms with Crippen LogP contribution in [0.4, 0.5) is 11.4 Å². The normalized spacial score (nSPS) is 14.5. The number of hydrogen-bond acceptors (Lipinski definition) is 3. The Morgan fingerprint density at radius 1 is 0.510 bits per heavy atom. The fourth-order valence-electron chi connectivity index (χ4n) is 7.66. The van der Waals surface area contributed by atoms with Gasteiger partial charge in [-0.3, -0.25) is 9.59 Å². The van der Waals surface area contributed by atoms with Crippen LogP contribution in [0.25, 0.3) is 32.9 Å². The van der Waals surface area contributed by atoms with Crippen molar-refractivity contribution in [2.45, 2.75) is 72.1 Å². The highest BCUT2D eigenvalue weighted by Crippen LogP contribution is 2.47. The lowest BCUT2D eigenvalue weighted by Crippen LogP contribution is -2.31. The maximum absolute atomic E-state index is 14.5. The molecule has 2 aliphatic heterocycles. The lowest BCUT2D eigenvalue weighted by molar-refractivity contribution is -0.124. The summed E-state index contributed by atoms with van der Waals surface area (Å²) in [6, 6.07) is 36.2. The van der Waals surface area contributed by atoms with Crippen molar-refractivity contribution in [1.29, 1.82) is 0 Å². The molecule has 2 amide bonds. The van der Waals surface area contributed by atoms with Crippen LogP contribution < -0.4 is 4.90 Å². The van der Waals surface area contributed by atoms with Crippen LogP contribution in [-0.2, 0) is 9.59 Å². The number of benzene rings is 5. The van der Waals surface area contributed by atoms with E-state index in [-0.39, 0.29) is 11.8 Å². The Morgan fingerprint density at radius 2 is 0.980 bits per heavy atom. The second kappa shape index (κ2) is 15.0. The standard InChI is InChI=1S/C46H49N3O2/c1-5-7-9-13-27-48-43(33-19-17-32(3)18-20-33)41-42(46(48)51)44(49(45(41)50)28-14-10-8-6-2)34-21-24-39(25-22-34)47(4)40-26-23-37-29-35-15-11-12-16-36(35)30-38(37)31-40/h11-12,15-26,29-31H,5-10,13-14,27-28H2,1-4H3. The van der Waals surface area contributed by atoms with Crippen molar-refractivity contribution in [2.24, 2.45) is 0 Å². The highest BCUT2D eigenvalue weighted by atomic mass is 16.2. The van der Waals surface area contributed by atoms with E-state index in [4.69, 9.17) is 0 Å². The van der Waals surface area contributed by atoms with Crippen molar-refractivity contribution in [1.82, 2.24) is 9.80 Å². The zero-order chi connectivity index (χ0) is 35.5. The fourth-order valence-corrected chi connectivity index (χ4v) is 7.66. The predicted molar refractivity (Wildman–Crippen MR) is 213 cm³/mol. The van der Waals surface area contributed by atoms with E-state index in [9.17, 15) is 9.59 Å². The molecule has 0 atom stereocenters. The largest absolute Gasteiger partial charge is 0.345 e. The quantitative estimate of drug-likeness (QED) is 0.0869. The number of aryl methyl sites for hydroxylation is 1. The van der Waals surface area contributed by atoms with Crippen LogP contribution in [0.15, 0.2) is 114 Å². The van der Waals surface area contributed by atoms with Gasteiger partial charge in [0.2, 0.25) is 0 Å². The molecule has 0 radical (unpaired) electrons. The summed E-state index contributed by atoms with van der Waals surface area (Å²) in [7, 11) is 2.09. The minimum absolute atomic E-state index is 0.0543. The molecule has 51 heavy (non-hydrogen) atoms. The molecule has 2 heterocycles. The van der Waals surface area contributed by atoms with E-state index < -0.39 is 0 Å². The number of amides is 2. The van der Waals surface area contributed by atoms with Crippen LogP contribution in [0.5, 0.6) is 0 Å². The third-order valence-electron chi connectivity index (χ3n) is 10.6. The molecule has 5 aromatic carbocycles. The highest BCUT2D eigenvalue weighted by Gasteiger charge is 2.48. The Labute approximate surface area is 302 Å². The van der Waals surface area contributed by atoms with Crippen molar-refractivity contribution >= 4 is 56.1 Å². The van der Waals surface area contributed by atoms with Gasteiger partial charge >= 0.3 is 0 Å². The van der Waals surface area contributed by atoms with Crippen molar-refractivity contribution in [3.63, 3.8) is 0 Å². The number of rotatable bonds is 14. The van der Waals surface area contributed by atoms with Crippen molar-refractivity contribution in [3.05, 3.63) is 131 Å². The molecular weight excluding hydrogens is 627 g/mol. The SMILES string of the molecule is CCCCCCN1C(=O)C2=C(c3ccc(N(C)c4ccc5cc6ccccc6cc5c4)cc3)N(CCCCCC)C(=O)C2=C1c1ccc(C)cc1. The van der Waals surface area contributed by atoms with Gasteiger partial charge in [-0.25, -0.2) is 0 Å². The summed E-state index contributed by atoms with van der Waals surface area (Å²) < 4.78 is 0. The number of carbonyl (C=O) groups excluding carboxylic acids is 2. The minimum Gasteiger partial charge on any atom is -0.345 e. The number of unbranched alkanes of at least 4 members (excludes halogenated alkanes) is 6. The number of nitrogens with zero attached hydrogens (tertiary/aromatic N) is 3. The van der Waals surface area contributed by atoms with E-state index in [1.165, 1.54) is 21.5 Å². The molecule has 0 saturated heterocycles. The fraction of sp³-hybridized carbons (Fsp3) is 0.304. The van der Waals surface area contributed by atoms with Crippen LogP contribution in [-0.4, -0.2) is 41.8 Å². The Hall–Kier alpha value is -5.16. The van der Waals surface area contributed by atoms with Crippen molar-refractivity contribution in [3.8, 4) is 0 Å². The van der Waals surface area contributed by atoms with Gasteiger partial charge < -0.3 is 14.7 Å². The van der Waals surface area contributed by atoms with Crippen LogP contribution in [0.2, 0.25) is 0 Å².